The summed E-state index contributed by atoms with van der Waals surface area (Å²) in [7, 11) is 0. The van der Waals surface area contributed by atoms with E-state index in [4.69, 9.17) is 9.47 Å². The number of hydrogen-bond donors (Lipinski definition) is 4. The molecule has 130 valence electrons. The Bertz CT molecular complexity index is 798. The van der Waals surface area contributed by atoms with Gasteiger partial charge in [-0.05, 0) is 6.92 Å². The Morgan fingerprint density at radius 3 is 2.92 bits per heavy atom. The van der Waals surface area contributed by atoms with Crippen molar-refractivity contribution in [2.24, 2.45) is 0 Å². The van der Waals surface area contributed by atoms with Gasteiger partial charge in [0, 0.05) is 12.8 Å². The maximum Gasteiger partial charge on any atom is 0.280 e. The lowest BCUT2D eigenvalue weighted by molar-refractivity contribution is -0.0970. The van der Waals surface area contributed by atoms with Crippen LogP contribution in [0, 0.1) is 0 Å². The number of nitrogens with one attached hydrogen (secondary N) is 2. The second-order valence-corrected chi connectivity index (χ2v) is 6.17. The second-order valence-electron chi connectivity index (χ2n) is 6.17. The zero-order valence-corrected chi connectivity index (χ0v) is 13.0. The lowest BCUT2D eigenvalue weighted by Crippen LogP contribution is -2.41. The summed E-state index contributed by atoms with van der Waals surface area (Å²) in [4.78, 5) is 23.3. The summed E-state index contributed by atoms with van der Waals surface area (Å²) in [6, 6.07) is 0. The number of aliphatic hydroxyl groups is 2. The first kappa shape index (κ1) is 15.5. The van der Waals surface area contributed by atoms with Crippen molar-refractivity contribution >= 4 is 17.1 Å². The molecule has 4 rings (SSSR count). The minimum atomic E-state index is -0.776. The van der Waals surface area contributed by atoms with Gasteiger partial charge in [0.25, 0.3) is 5.56 Å². The molecule has 24 heavy (non-hydrogen) atoms. The van der Waals surface area contributed by atoms with Crippen LogP contribution in [0.15, 0.2) is 11.1 Å². The largest absolute Gasteiger partial charge is 0.394 e. The van der Waals surface area contributed by atoms with Crippen molar-refractivity contribution < 1.29 is 19.7 Å². The average Bonchev–Trinajstić information content (AvgIpc) is 3.09. The number of imidazole rings is 1. The Balaban J connectivity index is 1.64. The van der Waals surface area contributed by atoms with Gasteiger partial charge in [-0.2, -0.15) is 4.98 Å². The van der Waals surface area contributed by atoms with E-state index >= 15 is 0 Å². The van der Waals surface area contributed by atoms with Crippen LogP contribution in [0.4, 0.5) is 5.95 Å². The Morgan fingerprint density at radius 2 is 2.25 bits per heavy atom. The van der Waals surface area contributed by atoms with Gasteiger partial charge in [-0.25, -0.2) is 4.98 Å². The molecule has 10 nitrogen and oxygen atoms in total. The van der Waals surface area contributed by atoms with Crippen LogP contribution >= 0.6 is 0 Å². The summed E-state index contributed by atoms with van der Waals surface area (Å²) in [5, 5.41) is 22.1. The third-order valence-corrected chi connectivity index (χ3v) is 4.37. The number of anilines is 1. The van der Waals surface area contributed by atoms with E-state index in [1.54, 1.807) is 4.57 Å². The third kappa shape index (κ3) is 2.57. The fraction of sp³-hybridized carbons (Fsp3) is 0.643. The molecule has 2 fully saturated rings. The van der Waals surface area contributed by atoms with Gasteiger partial charge in [0.15, 0.2) is 11.2 Å². The van der Waals surface area contributed by atoms with Crippen LogP contribution in [0.25, 0.3) is 11.2 Å². The highest BCUT2D eigenvalue weighted by molar-refractivity contribution is 5.70. The van der Waals surface area contributed by atoms with Gasteiger partial charge in [-0.3, -0.25) is 14.3 Å². The molecule has 0 aromatic carbocycles. The fourth-order valence-electron chi connectivity index (χ4n) is 3.07. The molecule has 2 unspecified atom stereocenters. The van der Waals surface area contributed by atoms with Crippen LogP contribution < -0.4 is 10.9 Å². The highest BCUT2D eigenvalue weighted by Crippen LogP contribution is 2.30. The molecular weight excluding hydrogens is 318 g/mol. The molecule has 0 bridgehead atoms. The average molecular weight is 337 g/mol. The number of rotatable bonds is 4. The molecular formula is C14H19N5O5. The van der Waals surface area contributed by atoms with Gasteiger partial charge in [0.05, 0.1) is 25.1 Å². The van der Waals surface area contributed by atoms with E-state index in [9.17, 15) is 15.0 Å². The molecule has 5 atom stereocenters. The van der Waals surface area contributed by atoms with Crippen molar-refractivity contribution in [2.45, 2.75) is 50.5 Å². The van der Waals surface area contributed by atoms with Crippen LogP contribution in [0.1, 0.15) is 26.0 Å². The molecule has 0 amide bonds. The van der Waals surface area contributed by atoms with Crippen LogP contribution in [0.5, 0.6) is 0 Å². The monoisotopic (exact) mass is 337 g/mol. The van der Waals surface area contributed by atoms with Crippen molar-refractivity contribution in [1.29, 1.82) is 0 Å². The molecule has 10 heteroatoms. The predicted molar refractivity (Wildman–Crippen MR) is 82.3 cm³/mol. The Kier molecular flexibility index (Phi) is 3.76. The number of fused-ring (bicyclic) bond motifs is 1. The molecule has 2 aromatic heterocycles. The predicted octanol–water partition coefficient (Wildman–Crippen LogP) is -0.693. The Hall–Kier alpha value is -2.01. The molecule has 2 saturated heterocycles. The van der Waals surface area contributed by atoms with Crippen molar-refractivity contribution in [3.8, 4) is 0 Å². The molecule has 2 aliphatic rings. The Morgan fingerprint density at radius 1 is 1.46 bits per heavy atom. The first-order chi connectivity index (χ1) is 11.5. The summed E-state index contributed by atoms with van der Waals surface area (Å²) in [5.41, 5.74) is 0.171. The summed E-state index contributed by atoms with van der Waals surface area (Å²) < 4.78 is 12.7. The SMILES string of the molecule is CC1CC(Nc2nc3c(ncn3[C@H]3C[C@H](O)[C@@H](CO)O3)c(=O)[nH]2)O1. The number of aliphatic hydroxyl groups excluding tert-OH is 2. The van der Waals surface area contributed by atoms with E-state index in [-0.39, 0.29) is 36.4 Å². The lowest BCUT2D eigenvalue weighted by Gasteiger charge is -2.33. The molecule has 4 N–H and O–H groups in total. The summed E-state index contributed by atoms with van der Waals surface area (Å²) in [5.74, 6) is 0.295. The molecule has 2 aromatic rings. The molecule has 0 spiro atoms. The maximum atomic E-state index is 12.2. The molecule has 0 aliphatic carbocycles. The number of H-pyrrole nitrogens is 1. The minimum Gasteiger partial charge on any atom is -0.394 e. The van der Waals surface area contributed by atoms with E-state index in [1.807, 2.05) is 6.92 Å². The van der Waals surface area contributed by atoms with E-state index in [2.05, 4.69) is 20.3 Å². The van der Waals surface area contributed by atoms with E-state index in [0.717, 1.165) is 6.42 Å². The van der Waals surface area contributed by atoms with E-state index in [0.29, 0.717) is 11.6 Å². The van der Waals surface area contributed by atoms with Crippen molar-refractivity contribution in [3.63, 3.8) is 0 Å². The molecule has 0 radical (unpaired) electrons. The van der Waals surface area contributed by atoms with Gasteiger partial charge in [0.2, 0.25) is 5.95 Å². The fourth-order valence-corrected chi connectivity index (χ4v) is 3.07. The van der Waals surface area contributed by atoms with Gasteiger partial charge in [0.1, 0.15) is 18.6 Å². The van der Waals surface area contributed by atoms with Crippen molar-refractivity contribution in [2.75, 3.05) is 11.9 Å². The summed E-state index contributed by atoms with van der Waals surface area (Å²) >= 11 is 0. The highest BCUT2D eigenvalue weighted by atomic mass is 16.5. The zero-order valence-electron chi connectivity index (χ0n) is 13.0. The molecule has 4 heterocycles. The number of aromatic amines is 1. The van der Waals surface area contributed by atoms with Crippen LogP contribution in [-0.4, -0.2) is 60.9 Å². The summed E-state index contributed by atoms with van der Waals surface area (Å²) in [6.07, 6.45) is 0.611. The normalized spacial score (nSPS) is 32.9. The van der Waals surface area contributed by atoms with E-state index < -0.39 is 18.4 Å². The van der Waals surface area contributed by atoms with Gasteiger partial charge in [-0.15, -0.1) is 0 Å². The number of aromatic nitrogens is 4. The number of ether oxygens (including phenoxy) is 2. The number of nitrogens with zero attached hydrogens (tertiary/aromatic N) is 3. The first-order valence-electron chi connectivity index (χ1n) is 7.88. The van der Waals surface area contributed by atoms with Gasteiger partial charge < -0.3 is 25.0 Å². The first-order valence-corrected chi connectivity index (χ1v) is 7.88. The van der Waals surface area contributed by atoms with Gasteiger partial charge >= 0.3 is 0 Å². The molecule has 0 saturated carbocycles. The molecule has 2 aliphatic heterocycles. The lowest BCUT2D eigenvalue weighted by atomic mass is 10.2. The maximum absolute atomic E-state index is 12.2. The quantitative estimate of drug-likeness (QED) is 0.576. The second kappa shape index (κ2) is 5.81. The Labute approximate surface area is 136 Å². The van der Waals surface area contributed by atoms with Crippen LogP contribution in [-0.2, 0) is 9.47 Å². The standard InChI is InChI=1S/C14H19N5O5/c1-6-2-9(23-6)16-14-17-12-11(13(22)18-14)15-5-19(12)10-3-7(21)8(4-20)24-10/h5-10,20-21H,2-4H2,1H3,(H2,16,17,18,22)/t6?,7-,8+,9?,10+/m0/s1. The van der Waals surface area contributed by atoms with Gasteiger partial charge in [-0.1, -0.05) is 0 Å². The van der Waals surface area contributed by atoms with Crippen molar-refractivity contribution in [3.05, 3.63) is 16.7 Å². The number of hydrogen-bond acceptors (Lipinski definition) is 8. The third-order valence-electron chi connectivity index (χ3n) is 4.37. The minimum absolute atomic E-state index is 0.180. The topological polar surface area (TPSA) is 135 Å². The van der Waals surface area contributed by atoms with Crippen molar-refractivity contribution in [1.82, 2.24) is 19.5 Å². The van der Waals surface area contributed by atoms with Crippen LogP contribution in [0.3, 0.4) is 0 Å². The highest BCUT2D eigenvalue weighted by Gasteiger charge is 2.35. The smallest absolute Gasteiger partial charge is 0.280 e. The summed E-state index contributed by atoms with van der Waals surface area (Å²) in [6.45, 7) is 1.69. The zero-order chi connectivity index (χ0) is 16.8. The van der Waals surface area contributed by atoms with Crippen LogP contribution in [0.2, 0.25) is 0 Å². The van der Waals surface area contributed by atoms with E-state index in [1.165, 1.54) is 6.33 Å².